The molecule has 0 amide bonds. The lowest BCUT2D eigenvalue weighted by Gasteiger charge is -2.12. The minimum absolute atomic E-state index is 0.0766. The van der Waals surface area contributed by atoms with Gasteiger partial charge >= 0.3 is 0 Å². The number of hydrogen-bond acceptors (Lipinski definition) is 4. The van der Waals surface area contributed by atoms with Crippen molar-refractivity contribution in [2.45, 2.75) is 24.3 Å². The number of aliphatic hydroxyl groups is 1. The molecule has 0 saturated heterocycles. The molecule has 1 atom stereocenters. The van der Waals surface area contributed by atoms with E-state index >= 15 is 0 Å². The normalized spacial score (nSPS) is 13.6. The minimum Gasteiger partial charge on any atom is -0.496 e. The largest absolute Gasteiger partial charge is 0.496 e. The molecule has 0 aliphatic rings. The fourth-order valence-corrected chi connectivity index (χ4v) is 2.52. The maximum atomic E-state index is 12.1. The summed E-state index contributed by atoms with van der Waals surface area (Å²) in [5.41, 5.74) is 0.597. The van der Waals surface area contributed by atoms with Crippen LogP contribution < -0.4 is 9.46 Å². The van der Waals surface area contributed by atoms with Gasteiger partial charge in [-0.05, 0) is 30.7 Å². The van der Waals surface area contributed by atoms with Gasteiger partial charge in [-0.15, -0.1) is 0 Å². The van der Waals surface area contributed by atoms with Gasteiger partial charge in [0, 0.05) is 6.54 Å². The molecule has 1 unspecified atom stereocenters. The van der Waals surface area contributed by atoms with Gasteiger partial charge in [0.05, 0.1) is 12.0 Å². The van der Waals surface area contributed by atoms with Gasteiger partial charge in [-0.2, -0.15) is 0 Å². The molecular weight excluding hydrogens is 280 g/mol. The summed E-state index contributed by atoms with van der Waals surface area (Å²) < 4.78 is 54.7. The van der Waals surface area contributed by atoms with Crippen LogP contribution in [0.15, 0.2) is 23.1 Å². The van der Waals surface area contributed by atoms with Gasteiger partial charge < -0.3 is 9.84 Å². The molecule has 0 aliphatic heterocycles. The van der Waals surface area contributed by atoms with Crippen LogP contribution in [0.25, 0.3) is 0 Å². The molecule has 0 bridgehead atoms. The van der Waals surface area contributed by atoms with Crippen molar-refractivity contribution >= 4 is 10.0 Å². The van der Waals surface area contributed by atoms with Crippen molar-refractivity contribution in [1.82, 2.24) is 4.72 Å². The fraction of sp³-hybridized carbons (Fsp3) is 0.455. The summed E-state index contributed by atoms with van der Waals surface area (Å²) >= 11 is 0. The second-order valence-electron chi connectivity index (χ2n) is 3.89. The Balaban J connectivity index is 2.86. The number of hydrogen-bond donors (Lipinski definition) is 2. The third-order valence-corrected chi connectivity index (χ3v) is 3.87. The van der Waals surface area contributed by atoms with E-state index in [1.165, 1.54) is 25.3 Å². The zero-order valence-electron chi connectivity index (χ0n) is 10.4. The lowest BCUT2D eigenvalue weighted by Crippen LogP contribution is -2.35. The summed E-state index contributed by atoms with van der Waals surface area (Å²) in [5.74, 6) is 0.520. The smallest absolute Gasteiger partial charge is 0.265 e. The molecule has 2 N–H and O–H groups in total. The molecule has 1 aromatic carbocycles. The van der Waals surface area contributed by atoms with E-state index in [1.807, 2.05) is 4.72 Å². The molecule has 0 fully saturated rings. The number of aryl methyl sites for hydroxylation is 1. The SMILES string of the molecule is COc1ccc(S(=O)(=O)NCC(O)C(F)F)cc1C. The van der Waals surface area contributed by atoms with E-state index in [0.717, 1.165) is 0 Å². The summed E-state index contributed by atoms with van der Waals surface area (Å²) in [6.45, 7) is 0.914. The van der Waals surface area contributed by atoms with Gasteiger partial charge in [0.25, 0.3) is 6.43 Å². The van der Waals surface area contributed by atoms with Crippen molar-refractivity contribution in [3.63, 3.8) is 0 Å². The Hall–Kier alpha value is -1.25. The molecule has 0 heterocycles. The second kappa shape index (κ2) is 6.27. The van der Waals surface area contributed by atoms with Crippen molar-refractivity contribution in [2.75, 3.05) is 13.7 Å². The van der Waals surface area contributed by atoms with Crippen molar-refractivity contribution in [2.24, 2.45) is 0 Å². The van der Waals surface area contributed by atoms with Crippen LogP contribution in [-0.4, -0.2) is 39.7 Å². The highest BCUT2D eigenvalue weighted by molar-refractivity contribution is 7.89. The standard InChI is InChI=1S/C11H15F2NO4S/c1-7-5-8(3-4-10(7)18-2)19(16,17)14-6-9(15)11(12)13/h3-5,9,11,14-15H,6H2,1-2H3. The summed E-state index contributed by atoms with van der Waals surface area (Å²) in [5, 5.41) is 8.88. The molecule has 0 aromatic heterocycles. The van der Waals surface area contributed by atoms with Crippen LogP contribution in [0.4, 0.5) is 8.78 Å². The van der Waals surface area contributed by atoms with Crippen LogP contribution in [0.2, 0.25) is 0 Å². The zero-order valence-corrected chi connectivity index (χ0v) is 11.2. The maximum absolute atomic E-state index is 12.1. The van der Waals surface area contributed by atoms with Crippen LogP contribution in [0.5, 0.6) is 5.75 Å². The average molecular weight is 295 g/mol. The second-order valence-corrected chi connectivity index (χ2v) is 5.65. The van der Waals surface area contributed by atoms with Crippen LogP contribution in [0.3, 0.4) is 0 Å². The molecule has 108 valence electrons. The van der Waals surface area contributed by atoms with Gasteiger partial charge in [0.2, 0.25) is 10.0 Å². The highest BCUT2D eigenvalue weighted by Crippen LogP contribution is 2.21. The lowest BCUT2D eigenvalue weighted by atomic mass is 10.2. The Bertz CT molecular complexity index is 533. The monoisotopic (exact) mass is 295 g/mol. The third kappa shape index (κ3) is 4.12. The van der Waals surface area contributed by atoms with Gasteiger partial charge in [0.1, 0.15) is 11.9 Å². The number of halogens is 2. The number of ether oxygens (including phenoxy) is 1. The van der Waals surface area contributed by atoms with Gasteiger partial charge in [-0.3, -0.25) is 0 Å². The Morgan fingerprint density at radius 1 is 1.42 bits per heavy atom. The molecule has 1 rings (SSSR count). The Morgan fingerprint density at radius 3 is 2.53 bits per heavy atom. The summed E-state index contributed by atoms with van der Waals surface area (Å²) in [6, 6.07) is 4.12. The number of benzene rings is 1. The lowest BCUT2D eigenvalue weighted by molar-refractivity contribution is -0.000451. The molecule has 0 saturated carbocycles. The first-order chi connectivity index (χ1) is 8.77. The molecule has 5 nitrogen and oxygen atoms in total. The number of rotatable bonds is 6. The summed E-state index contributed by atoms with van der Waals surface area (Å²) in [6.07, 6.45) is -5.03. The molecule has 19 heavy (non-hydrogen) atoms. The van der Waals surface area contributed by atoms with E-state index < -0.39 is 29.1 Å². The highest BCUT2D eigenvalue weighted by atomic mass is 32.2. The van der Waals surface area contributed by atoms with Crippen LogP contribution >= 0.6 is 0 Å². The van der Waals surface area contributed by atoms with E-state index in [1.54, 1.807) is 6.92 Å². The molecule has 0 spiro atoms. The molecular formula is C11H15F2NO4S. The number of methoxy groups -OCH3 is 1. The zero-order chi connectivity index (χ0) is 14.6. The average Bonchev–Trinajstić information content (AvgIpc) is 2.35. The van der Waals surface area contributed by atoms with E-state index in [9.17, 15) is 17.2 Å². The topological polar surface area (TPSA) is 75.6 Å². The van der Waals surface area contributed by atoms with Crippen LogP contribution in [0.1, 0.15) is 5.56 Å². The van der Waals surface area contributed by atoms with E-state index in [4.69, 9.17) is 9.84 Å². The van der Waals surface area contributed by atoms with Crippen LogP contribution in [-0.2, 0) is 10.0 Å². The highest BCUT2D eigenvalue weighted by Gasteiger charge is 2.21. The Labute approximate surface area is 110 Å². The van der Waals surface area contributed by atoms with E-state index in [2.05, 4.69) is 0 Å². The van der Waals surface area contributed by atoms with Crippen molar-refractivity contribution in [3.05, 3.63) is 23.8 Å². The molecule has 8 heteroatoms. The first-order valence-corrected chi connectivity index (χ1v) is 6.86. The third-order valence-electron chi connectivity index (χ3n) is 2.45. The molecule has 1 aromatic rings. The Morgan fingerprint density at radius 2 is 2.05 bits per heavy atom. The van der Waals surface area contributed by atoms with E-state index in [0.29, 0.717) is 11.3 Å². The first kappa shape index (κ1) is 15.8. The van der Waals surface area contributed by atoms with Gasteiger partial charge in [-0.25, -0.2) is 21.9 Å². The minimum atomic E-state index is -3.94. The van der Waals surface area contributed by atoms with Crippen molar-refractivity contribution in [1.29, 1.82) is 0 Å². The predicted octanol–water partition coefficient (Wildman–Crippen LogP) is 0.908. The molecule has 0 radical (unpaired) electrons. The predicted molar refractivity (Wildman–Crippen MR) is 64.9 cm³/mol. The van der Waals surface area contributed by atoms with Gasteiger partial charge in [0.15, 0.2) is 0 Å². The Kier molecular flexibility index (Phi) is 5.21. The number of nitrogens with one attached hydrogen (secondary N) is 1. The quantitative estimate of drug-likeness (QED) is 0.818. The number of aliphatic hydroxyl groups excluding tert-OH is 1. The maximum Gasteiger partial charge on any atom is 0.265 e. The summed E-state index contributed by atoms with van der Waals surface area (Å²) in [4.78, 5) is -0.0766. The first-order valence-electron chi connectivity index (χ1n) is 5.38. The summed E-state index contributed by atoms with van der Waals surface area (Å²) in [7, 11) is -2.48. The van der Waals surface area contributed by atoms with E-state index in [-0.39, 0.29) is 4.90 Å². The fourth-order valence-electron chi connectivity index (χ4n) is 1.39. The molecule has 0 aliphatic carbocycles. The van der Waals surface area contributed by atoms with Crippen LogP contribution in [0, 0.1) is 6.92 Å². The van der Waals surface area contributed by atoms with Gasteiger partial charge in [-0.1, -0.05) is 0 Å². The van der Waals surface area contributed by atoms with Crippen molar-refractivity contribution < 1.29 is 27.0 Å². The number of sulfonamides is 1. The van der Waals surface area contributed by atoms with Crippen molar-refractivity contribution in [3.8, 4) is 5.75 Å². The number of alkyl halides is 2.